The lowest BCUT2D eigenvalue weighted by Gasteiger charge is -2.33. The number of imidazole rings is 4. The molecule has 3 fully saturated rings. The number of rotatable bonds is 26. The SMILES string of the molecule is CCCNC(=O)c1c(F)c(Cl)cc(C(C)c2nc(C)c3c(N)nccn23)c1OC(C)C.Cc1nc(C(C)c2cc(Cl)c(F)c(C(=O)NC3CC(C)C3)c2OC(C)C)n2ccnc(N)c12.Cc1nc(C(C)c2cc(Cl)c(F)c(C(=O)NC3CCC(C)CC3)c2OC(C)C)n2ccnc(N)c12.Cc1nc(C(C)c2cc(Cl)c(F)c(C(=O)NCC3CC3)c2OC(C)C)n2ccnc(N)c12. The van der Waals surface area contributed by atoms with Crippen LogP contribution in [-0.2, 0) is 0 Å². The maximum atomic E-state index is 15.4. The van der Waals surface area contributed by atoms with E-state index in [0.29, 0.717) is 134 Å². The molecule has 4 aromatic carbocycles. The molecule has 0 radical (unpaired) electrons. The Labute approximate surface area is 779 Å². The van der Waals surface area contributed by atoms with Crippen LogP contribution in [0.15, 0.2) is 73.8 Å². The van der Waals surface area contributed by atoms with Gasteiger partial charge in [-0.05, 0) is 183 Å². The first-order valence-electron chi connectivity index (χ1n) is 44.3. The lowest BCUT2D eigenvalue weighted by Crippen LogP contribution is -2.43. The third kappa shape index (κ3) is 21.4. The van der Waals surface area contributed by atoms with Crippen molar-refractivity contribution < 1.29 is 55.7 Å². The van der Waals surface area contributed by atoms with Crippen molar-refractivity contribution in [3.8, 4) is 23.0 Å². The van der Waals surface area contributed by atoms with Crippen LogP contribution in [0.3, 0.4) is 0 Å². The molecule has 131 heavy (non-hydrogen) atoms. The zero-order valence-electron chi connectivity index (χ0n) is 77.2. The van der Waals surface area contributed by atoms with Crippen molar-refractivity contribution in [2.45, 2.75) is 250 Å². The third-order valence-electron chi connectivity index (χ3n) is 23.5. The molecule has 0 aliphatic heterocycles. The molecule has 700 valence electrons. The zero-order chi connectivity index (χ0) is 95.5. The standard InChI is InChI=1S/C26H33ClFN5O2.C24H29ClFN5O2.C23H27ClFN5O2.C22H27ClFN5O2/c1-13(2)35-23-18(15(4)25-31-16(5)22-24(29)30-10-11-33(22)25)12-19(27)21(28)20(23)26(34)32-17-8-6-14(3)7-9-17;1-11(2)33-21-16(13(4)23-29-14(5)20-22(27)28-6-7-31(20)23)10-17(25)19(26)18(21)24(32)30-15-8-12(3)9-15;1-11(2)32-20-15(9-16(24)18(25)17(20)23(31)28-10-14-5-6-14)12(3)22-29-13(4)19-21(26)27-7-8-30(19)22;1-6-7-27-22(30)16-17(24)15(23)10-14(19(16)31-11(2)3)12(4)21-28-13(5)18-20(25)26-8-9-29(18)21/h10-15,17H,6-9H2,1-5H3,(H2,29,30)(H,32,34);6-7,10-13,15H,8-9H2,1-5H3,(H2,27,28)(H,30,32);7-9,11-12,14H,5-6,10H2,1-4H3,(H2,26,27)(H,28,31);8-12H,6-7H2,1-5H3,(H2,25,26)(H,27,30). The van der Waals surface area contributed by atoms with Gasteiger partial charge in [0.1, 0.15) is 114 Å². The molecular formula is C95H116Cl4F4N20O8. The van der Waals surface area contributed by atoms with Gasteiger partial charge < -0.3 is 63.1 Å². The van der Waals surface area contributed by atoms with Crippen LogP contribution in [0.5, 0.6) is 23.0 Å². The van der Waals surface area contributed by atoms with Crippen molar-refractivity contribution in [1.29, 1.82) is 0 Å². The highest BCUT2D eigenvalue weighted by Crippen LogP contribution is 2.47. The van der Waals surface area contributed by atoms with E-state index in [1.807, 2.05) is 135 Å². The Morgan fingerprint density at radius 3 is 0.931 bits per heavy atom. The molecule has 0 saturated heterocycles. The minimum absolute atomic E-state index is 0.000723. The van der Waals surface area contributed by atoms with E-state index in [9.17, 15) is 19.2 Å². The predicted molar refractivity (Wildman–Crippen MR) is 504 cm³/mol. The van der Waals surface area contributed by atoms with Crippen LogP contribution >= 0.6 is 46.4 Å². The summed E-state index contributed by atoms with van der Waals surface area (Å²) in [6.45, 7) is 36.8. The van der Waals surface area contributed by atoms with Gasteiger partial charge in [0.15, 0.2) is 23.3 Å². The van der Waals surface area contributed by atoms with Crippen LogP contribution in [0.1, 0.15) is 295 Å². The second kappa shape index (κ2) is 41.5. The summed E-state index contributed by atoms with van der Waals surface area (Å²) in [6.07, 6.45) is 20.7. The van der Waals surface area contributed by atoms with E-state index < -0.39 is 46.9 Å². The molecule has 28 nitrogen and oxygen atoms in total. The van der Waals surface area contributed by atoms with Gasteiger partial charge in [-0.25, -0.2) is 57.4 Å². The maximum absolute atomic E-state index is 15.4. The molecule has 15 rings (SSSR count). The average Bonchev–Trinajstić information content (AvgIpc) is 1.70. The second-order valence-corrected chi connectivity index (χ2v) is 37.0. The monoisotopic (exact) mass is 1880 g/mol. The Morgan fingerprint density at radius 2 is 0.672 bits per heavy atom. The lowest BCUT2D eigenvalue weighted by molar-refractivity contribution is 0.0880. The highest BCUT2D eigenvalue weighted by molar-refractivity contribution is 6.32. The number of aryl methyl sites for hydroxylation is 4. The number of carbonyl (C=O) groups is 4. The van der Waals surface area contributed by atoms with Crippen molar-refractivity contribution in [2.24, 2.45) is 17.8 Å². The van der Waals surface area contributed by atoms with Crippen molar-refractivity contribution in [3.63, 3.8) is 0 Å². The molecule has 0 bridgehead atoms. The van der Waals surface area contributed by atoms with Crippen molar-refractivity contribution in [2.75, 3.05) is 36.0 Å². The van der Waals surface area contributed by atoms with Gasteiger partial charge in [-0.3, -0.25) is 36.8 Å². The van der Waals surface area contributed by atoms with Crippen LogP contribution in [0.25, 0.3) is 22.1 Å². The van der Waals surface area contributed by atoms with Gasteiger partial charge >= 0.3 is 0 Å². The molecule has 4 atom stereocenters. The zero-order valence-corrected chi connectivity index (χ0v) is 80.2. The second-order valence-electron chi connectivity index (χ2n) is 35.3. The molecule has 8 aromatic heterocycles. The van der Waals surface area contributed by atoms with Crippen molar-refractivity contribution >= 4 is 115 Å². The van der Waals surface area contributed by atoms with E-state index >= 15 is 17.6 Å². The third-order valence-corrected chi connectivity index (χ3v) is 24.6. The molecule has 0 spiro atoms. The van der Waals surface area contributed by atoms with Gasteiger partial charge in [0.25, 0.3) is 23.6 Å². The van der Waals surface area contributed by atoms with Crippen LogP contribution in [-0.4, -0.2) is 131 Å². The fourth-order valence-corrected chi connectivity index (χ4v) is 17.7. The van der Waals surface area contributed by atoms with E-state index in [-0.39, 0.29) is 126 Å². The lowest BCUT2D eigenvalue weighted by atomic mass is 9.81. The number of halogens is 8. The quantitative estimate of drug-likeness (QED) is 0.0233. The summed E-state index contributed by atoms with van der Waals surface area (Å²) in [4.78, 5) is 87.8. The molecular weight excluding hydrogens is 1770 g/mol. The van der Waals surface area contributed by atoms with Gasteiger partial charge in [0, 0.05) is 121 Å². The predicted octanol–water partition coefficient (Wildman–Crippen LogP) is 19.5. The Hall–Kier alpha value is -11.5. The maximum Gasteiger partial charge on any atom is 0.258 e. The fourth-order valence-electron chi connectivity index (χ4n) is 16.8. The first-order valence-corrected chi connectivity index (χ1v) is 45.8. The molecule has 12 N–H and O–H groups in total. The van der Waals surface area contributed by atoms with Crippen molar-refractivity contribution in [1.82, 2.24) is 78.7 Å². The summed E-state index contributed by atoms with van der Waals surface area (Å²) in [7, 11) is 0. The van der Waals surface area contributed by atoms with E-state index in [1.54, 1.807) is 49.6 Å². The van der Waals surface area contributed by atoms with Crippen molar-refractivity contribution in [3.05, 3.63) is 208 Å². The molecule has 3 saturated carbocycles. The van der Waals surface area contributed by atoms with E-state index in [2.05, 4.69) is 60.0 Å². The number of nitrogens with two attached hydrogens (primary N) is 4. The molecule has 12 aromatic rings. The highest BCUT2D eigenvalue weighted by atomic mass is 35.5. The summed E-state index contributed by atoms with van der Waals surface area (Å²) >= 11 is 25.1. The minimum atomic E-state index is -0.806. The number of hydrogen-bond donors (Lipinski definition) is 8. The average molecular weight is 1880 g/mol. The largest absolute Gasteiger partial charge is 0.490 e. The molecule has 36 heteroatoms. The molecule has 8 heterocycles. The number of hydrogen-bond acceptors (Lipinski definition) is 20. The number of ether oxygens (including phenoxy) is 4. The minimum Gasteiger partial charge on any atom is -0.490 e. The van der Waals surface area contributed by atoms with Crippen LogP contribution < -0.4 is 63.1 Å². The van der Waals surface area contributed by atoms with Crippen LogP contribution in [0.4, 0.5) is 40.8 Å². The van der Waals surface area contributed by atoms with Gasteiger partial charge in [-0.15, -0.1) is 0 Å². The topological polar surface area (TPSA) is 378 Å². The highest BCUT2D eigenvalue weighted by Gasteiger charge is 2.38. The Kier molecular flexibility index (Phi) is 31.2. The summed E-state index contributed by atoms with van der Waals surface area (Å²) in [5.41, 5.74) is 31.5. The fraction of sp³-hybridized carbons (Fsp3) is 0.453. The van der Waals surface area contributed by atoms with Gasteiger partial charge in [-0.2, -0.15) is 0 Å². The molecule has 4 amide bonds. The Morgan fingerprint density at radius 1 is 0.405 bits per heavy atom. The molecule has 3 aliphatic carbocycles. The number of nitrogens with one attached hydrogen (secondary N) is 4. The molecule has 3 aliphatic rings. The first-order chi connectivity index (χ1) is 62.0. The van der Waals surface area contributed by atoms with Gasteiger partial charge in [0.2, 0.25) is 0 Å². The normalized spacial score (nSPS) is 16.4. The number of aromatic nitrogens is 12. The first kappa shape index (κ1) is 98.6. The molecule has 4 unspecified atom stereocenters. The van der Waals surface area contributed by atoms with Gasteiger partial charge in [-0.1, -0.05) is 94.9 Å². The van der Waals surface area contributed by atoms with Crippen LogP contribution in [0, 0.1) is 68.7 Å². The number of amides is 4. The smallest absolute Gasteiger partial charge is 0.258 e. The summed E-state index contributed by atoms with van der Waals surface area (Å²) in [5, 5.41) is 10.9. The number of anilines is 4. The van der Waals surface area contributed by atoms with E-state index in [4.69, 9.17) is 103 Å². The summed E-state index contributed by atoms with van der Waals surface area (Å²) in [6, 6.07) is 6.07. The Balaban J connectivity index is 0.000000158. The Bertz CT molecular complexity index is 6280. The number of benzene rings is 4. The number of fused-ring (bicyclic) bond motifs is 4. The van der Waals surface area contributed by atoms with Crippen LogP contribution in [0.2, 0.25) is 20.1 Å². The number of carbonyl (C=O) groups excluding carboxylic acids is 4. The number of nitrogens with zero attached hydrogens (tertiary/aromatic N) is 12. The summed E-state index contributed by atoms with van der Waals surface area (Å²) < 4.78 is 92.4. The van der Waals surface area contributed by atoms with E-state index in [0.717, 1.165) is 68.4 Å². The summed E-state index contributed by atoms with van der Waals surface area (Å²) in [5.74, 6) is -0.366. The van der Waals surface area contributed by atoms with E-state index in [1.165, 1.54) is 24.3 Å². The van der Waals surface area contributed by atoms with Gasteiger partial charge in [0.05, 0.1) is 67.3 Å². The number of nitrogen functional groups attached to an aromatic ring is 4.